The lowest BCUT2D eigenvalue weighted by Crippen LogP contribution is -2.46. The van der Waals surface area contributed by atoms with Gasteiger partial charge in [0, 0.05) is 23.9 Å². The number of thiophene rings is 1. The molecule has 2 atom stereocenters. The van der Waals surface area contributed by atoms with Crippen LogP contribution in [0.4, 0.5) is 4.79 Å². The Morgan fingerprint density at radius 3 is 2.62 bits per heavy atom. The van der Waals surface area contributed by atoms with Gasteiger partial charge in [-0.05, 0) is 58.0 Å². The molecule has 1 amide bonds. The van der Waals surface area contributed by atoms with Gasteiger partial charge in [0.2, 0.25) is 0 Å². The number of esters is 1. The summed E-state index contributed by atoms with van der Waals surface area (Å²) in [5, 5.41) is 2.03. The molecular formula is C18H27NO4S. The third kappa shape index (κ3) is 4.50. The fourth-order valence-corrected chi connectivity index (χ4v) is 4.09. The number of carbonyl (C=O) groups is 2. The fourth-order valence-electron chi connectivity index (χ4n) is 3.01. The van der Waals surface area contributed by atoms with E-state index < -0.39 is 5.60 Å². The minimum atomic E-state index is -0.524. The van der Waals surface area contributed by atoms with Crippen molar-refractivity contribution in [1.29, 1.82) is 0 Å². The molecule has 0 aromatic carbocycles. The molecule has 0 radical (unpaired) electrons. The van der Waals surface area contributed by atoms with E-state index in [1.165, 1.54) is 0 Å². The number of piperidine rings is 1. The number of carbonyl (C=O) groups excluding carboxylic acids is 2. The van der Waals surface area contributed by atoms with E-state index in [2.05, 4.69) is 6.07 Å². The fraction of sp³-hybridized carbons (Fsp3) is 0.667. The largest absolute Gasteiger partial charge is 0.466 e. The Morgan fingerprint density at radius 1 is 1.38 bits per heavy atom. The molecule has 134 valence electrons. The smallest absolute Gasteiger partial charge is 0.410 e. The van der Waals surface area contributed by atoms with Crippen LogP contribution in [0.15, 0.2) is 11.4 Å². The van der Waals surface area contributed by atoms with Crippen LogP contribution in [0.1, 0.15) is 50.5 Å². The molecule has 2 unspecified atom stereocenters. The van der Waals surface area contributed by atoms with Crippen molar-refractivity contribution in [2.45, 2.75) is 52.6 Å². The first-order valence-electron chi connectivity index (χ1n) is 8.41. The first-order valence-corrected chi connectivity index (χ1v) is 9.29. The van der Waals surface area contributed by atoms with Crippen molar-refractivity contribution in [2.24, 2.45) is 5.92 Å². The van der Waals surface area contributed by atoms with Crippen LogP contribution in [-0.2, 0) is 14.3 Å². The summed E-state index contributed by atoms with van der Waals surface area (Å²) in [4.78, 5) is 27.6. The maximum Gasteiger partial charge on any atom is 0.410 e. The van der Waals surface area contributed by atoms with E-state index in [1.807, 2.05) is 40.0 Å². The molecule has 1 aromatic heterocycles. The number of hydrogen-bond acceptors (Lipinski definition) is 5. The highest BCUT2D eigenvalue weighted by Crippen LogP contribution is 2.38. The van der Waals surface area contributed by atoms with Crippen LogP contribution in [0.2, 0.25) is 0 Å². The minimum Gasteiger partial charge on any atom is -0.466 e. The summed E-state index contributed by atoms with van der Waals surface area (Å²) in [6, 6.07) is 2.05. The van der Waals surface area contributed by atoms with Gasteiger partial charge in [-0.1, -0.05) is 0 Å². The normalized spacial score (nSPS) is 21.5. The van der Waals surface area contributed by atoms with Crippen LogP contribution in [0, 0.1) is 12.8 Å². The van der Waals surface area contributed by atoms with Gasteiger partial charge in [-0.2, -0.15) is 0 Å². The van der Waals surface area contributed by atoms with Crippen LogP contribution < -0.4 is 0 Å². The summed E-state index contributed by atoms with van der Waals surface area (Å²) in [5.74, 6) is -0.412. The van der Waals surface area contributed by atoms with E-state index in [-0.39, 0.29) is 23.9 Å². The molecule has 24 heavy (non-hydrogen) atoms. The SMILES string of the molecule is CCOC(=O)C1CCN(C(=O)OC(C)(C)C)CC1c1sccc1C. The van der Waals surface area contributed by atoms with Crippen LogP contribution in [0.5, 0.6) is 0 Å². The van der Waals surface area contributed by atoms with E-state index >= 15 is 0 Å². The second-order valence-corrected chi connectivity index (χ2v) is 8.10. The monoisotopic (exact) mass is 353 g/mol. The summed E-state index contributed by atoms with van der Waals surface area (Å²) in [7, 11) is 0. The van der Waals surface area contributed by atoms with Gasteiger partial charge in [0.15, 0.2) is 0 Å². The molecule has 5 nitrogen and oxygen atoms in total. The van der Waals surface area contributed by atoms with E-state index in [1.54, 1.807) is 16.2 Å². The molecule has 0 bridgehead atoms. The van der Waals surface area contributed by atoms with Gasteiger partial charge < -0.3 is 14.4 Å². The van der Waals surface area contributed by atoms with Gasteiger partial charge in [-0.25, -0.2) is 4.79 Å². The van der Waals surface area contributed by atoms with E-state index in [0.717, 1.165) is 10.4 Å². The van der Waals surface area contributed by atoms with Crippen molar-refractivity contribution in [3.8, 4) is 0 Å². The van der Waals surface area contributed by atoms with Crippen molar-refractivity contribution in [1.82, 2.24) is 4.90 Å². The topological polar surface area (TPSA) is 55.8 Å². The lowest BCUT2D eigenvalue weighted by molar-refractivity contribution is -0.150. The summed E-state index contributed by atoms with van der Waals surface area (Å²) in [6.07, 6.45) is 0.282. The molecule has 1 aliphatic heterocycles. The third-order valence-electron chi connectivity index (χ3n) is 4.09. The number of hydrogen-bond donors (Lipinski definition) is 0. The van der Waals surface area contributed by atoms with Gasteiger partial charge >= 0.3 is 12.1 Å². The lowest BCUT2D eigenvalue weighted by Gasteiger charge is -2.38. The zero-order valence-corrected chi connectivity index (χ0v) is 15.9. The zero-order chi connectivity index (χ0) is 17.9. The Bertz CT molecular complexity index is 590. The first-order chi connectivity index (χ1) is 11.2. The predicted octanol–water partition coefficient (Wildman–Crippen LogP) is 3.96. The second-order valence-electron chi connectivity index (χ2n) is 7.15. The Hall–Kier alpha value is -1.56. The highest BCUT2D eigenvalue weighted by Gasteiger charge is 2.39. The minimum absolute atomic E-state index is 0.0367. The molecule has 2 rings (SSSR count). The molecule has 2 heterocycles. The summed E-state index contributed by atoms with van der Waals surface area (Å²) in [6.45, 7) is 10.8. The van der Waals surface area contributed by atoms with Gasteiger partial charge in [0.1, 0.15) is 5.60 Å². The number of nitrogens with zero attached hydrogens (tertiary/aromatic N) is 1. The number of rotatable bonds is 3. The molecular weight excluding hydrogens is 326 g/mol. The van der Waals surface area contributed by atoms with Crippen LogP contribution >= 0.6 is 11.3 Å². The predicted molar refractivity (Wildman–Crippen MR) is 94.3 cm³/mol. The summed E-state index contributed by atoms with van der Waals surface area (Å²) < 4.78 is 10.7. The number of aryl methyl sites for hydroxylation is 1. The highest BCUT2D eigenvalue weighted by atomic mass is 32.1. The molecule has 6 heteroatoms. The van der Waals surface area contributed by atoms with Gasteiger partial charge in [0.25, 0.3) is 0 Å². The number of amides is 1. The van der Waals surface area contributed by atoms with Crippen molar-refractivity contribution < 1.29 is 19.1 Å². The standard InChI is InChI=1S/C18H27NO4S/c1-6-22-16(20)13-7-9-19(17(21)23-18(3,4)5)11-14(13)15-12(2)8-10-24-15/h8,10,13-14H,6-7,9,11H2,1-5H3. The quantitative estimate of drug-likeness (QED) is 0.772. The average molecular weight is 353 g/mol. The van der Waals surface area contributed by atoms with Crippen molar-refractivity contribution in [3.05, 3.63) is 21.9 Å². The van der Waals surface area contributed by atoms with Crippen LogP contribution in [-0.4, -0.2) is 42.3 Å². The molecule has 1 saturated heterocycles. The summed E-state index contributed by atoms with van der Waals surface area (Å²) in [5.41, 5.74) is 0.633. The molecule has 0 N–H and O–H groups in total. The Kier molecular flexibility index (Phi) is 5.91. The average Bonchev–Trinajstić information content (AvgIpc) is 2.91. The van der Waals surface area contributed by atoms with Crippen LogP contribution in [0.25, 0.3) is 0 Å². The van der Waals surface area contributed by atoms with Gasteiger partial charge in [0.05, 0.1) is 12.5 Å². The maximum atomic E-state index is 12.4. The van der Waals surface area contributed by atoms with Gasteiger partial charge in [-0.3, -0.25) is 4.79 Å². The van der Waals surface area contributed by atoms with E-state index in [9.17, 15) is 9.59 Å². The first kappa shape index (κ1) is 18.8. The molecule has 1 aliphatic rings. The third-order valence-corrected chi connectivity index (χ3v) is 5.24. The summed E-state index contributed by atoms with van der Waals surface area (Å²) >= 11 is 1.64. The molecule has 1 fully saturated rings. The zero-order valence-electron chi connectivity index (χ0n) is 15.1. The second kappa shape index (κ2) is 7.55. The Labute approximate surface area is 147 Å². The van der Waals surface area contributed by atoms with Gasteiger partial charge in [-0.15, -0.1) is 11.3 Å². The van der Waals surface area contributed by atoms with Crippen molar-refractivity contribution in [3.63, 3.8) is 0 Å². The van der Waals surface area contributed by atoms with Crippen molar-refractivity contribution >= 4 is 23.4 Å². The number of likely N-dealkylation sites (tertiary alicyclic amines) is 1. The lowest BCUT2D eigenvalue weighted by atomic mass is 9.83. The molecule has 0 spiro atoms. The molecule has 1 aromatic rings. The molecule has 0 saturated carbocycles. The van der Waals surface area contributed by atoms with Crippen LogP contribution in [0.3, 0.4) is 0 Å². The van der Waals surface area contributed by atoms with E-state index in [0.29, 0.717) is 26.1 Å². The number of ether oxygens (including phenoxy) is 2. The Morgan fingerprint density at radius 2 is 2.08 bits per heavy atom. The molecule has 0 aliphatic carbocycles. The highest BCUT2D eigenvalue weighted by molar-refractivity contribution is 7.10. The Balaban J connectivity index is 2.20. The van der Waals surface area contributed by atoms with Crippen molar-refractivity contribution in [2.75, 3.05) is 19.7 Å². The van der Waals surface area contributed by atoms with E-state index in [4.69, 9.17) is 9.47 Å². The maximum absolute atomic E-state index is 12.4.